The van der Waals surface area contributed by atoms with Crippen molar-refractivity contribution in [2.75, 3.05) is 5.32 Å². The molecule has 1 nitrogen and oxygen atoms in total. The summed E-state index contributed by atoms with van der Waals surface area (Å²) in [6, 6.07) is 5.92. The molecule has 2 heteroatoms. The standard InChI is InChI=1S/C16H22FN/c1-12-13(17)6-5-7-14(12)18-15-8-11-16(15)9-3-2-4-10-16/h5-7,15,18H,2-4,8-11H2,1H3. The lowest BCUT2D eigenvalue weighted by Gasteiger charge is -2.53. The molecule has 0 bridgehead atoms. The van der Waals surface area contributed by atoms with Gasteiger partial charge >= 0.3 is 0 Å². The second-order valence-electron chi connectivity index (χ2n) is 6.07. The minimum Gasteiger partial charge on any atom is -0.381 e. The summed E-state index contributed by atoms with van der Waals surface area (Å²) in [5, 5.41) is 3.61. The fraction of sp³-hybridized carbons (Fsp3) is 0.625. The van der Waals surface area contributed by atoms with Crippen molar-refractivity contribution in [3.05, 3.63) is 29.6 Å². The molecule has 0 radical (unpaired) electrons. The lowest BCUT2D eigenvalue weighted by Crippen LogP contribution is -2.50. The van der Waals surface area contributed by atoms with Gasteiger partial charge in [-0.15, -0.1) is 0 Å². The SMILES string of the molecule is Cc1c(F)cccc1NC1CCC12CCCCC2. The predicted molar refractivity (Wildman–Crippen MR) is 73.3 cm³/mol. The zero-order chi connectivity index (χ0) is 12.6. The Morgan fingerprint density at radius 1 is 1.17 bits per heavy atom. The summed E-state index contributed by atoms with van der Waals surface area (Å²) in [5.74, 6) is -0.1000. The Labute approximate surface area is 109 Å². The quantitative estimate of drug-likeness (QED) is 0.801. The van der Waals surface area contributed by atoms with Crippen molar-refractivity contribution >= 4 is 5.69 Å². The van der Waals surface area contributed by atoms with Crippen molar-refractivity contribution in [2.24, 2.45) is 5.41 Å². The molecule has 1 aromatic rings. The highest BCUT2D eigenvalue weighted by molar-refractivity contribution is 5.52. The average Bonchev–Trinajstić information content (AvgIpc) is 2.40. The maximum atomic E-state index is 13.5. The predicted octanol–water partition coefficient (Wildman–Crippen LogP) is 4.66. The molecule has 18 heavy (non-hydrogen) atoms. The molecule has 0 saturated heterocycles. The van der Waals surface area contributed by atoms with E-state index in [0.717, 1.165) is 11.3 Å². The highest BCUT2D eigenvalue weighted by atomic mass is 19.1. The van der Waals surface area contributed by atoms with Crippen LogP contribution in [0, 0.1) is 18.2 Å². The third-order valence-corrected chi connectivity index (χ3v) is 5.12. The molecule has 0 heterocycles. The van der Waals surface area contributed by atoms with Gasteiger partial charge in [0.15, 0.2) is 0 Å². The van der Waals surface area contributed by atoms with Gasteiger partial charge in [0.25, 0.3) is 0 Å². The molecular formula is C16H22FN. The Bertz CT molecular complexity index is 435. The molecule has 0 amide bonds. The Morgan fingerprint density at radius 3 is 2.61 bits per heavy atom. The summed E-state index contributed by atoms with van der Waals surface area (Å²) >= 11 is 0. The van der Waals surface area contributed by atoms with E-state index in [1.54, 1.807) is 6.07 Å². The van der Waals surface area contributed by atoms with Crippen LogP contribution in [0.1, 0.15) is 50.5 Å². The van der Waals surface area contributed by atoms with Crippen molar-refractivity contribution in [2.45, 2.75) is 57.9 Å². The van der Waals surface area contributed by atoms with E-state index in [1.807, 2.05) is 13.0 Å². The fourth-order valence-electron chi connectivity index (χ4n) is 3.73. The highest BCUT2D eigenvalue weighted by Gasteiger charge is 2.46. The number of hydrogen-bond donors (Lipinski definition) is 1. The maximum Gasteiger partial charge on any atom is 0.128 e. The molecule has 1 aromatic carbocycles. The maximum absolute atomic E-state index is 13.5. The summed E-state index contributed by atoms with van der Waals surface area (Å²) in [7, 11) is 0. The van der Waals surface area contributed by atoms with Gasteiger partial charge < -0.3 is 5.32 Å². The highest BCUT2D eigenvalue weighted by Crippen LogP contribution is 2.52. The van der Waals surface area contributed by atoms with Crippen LogP contribution in [0.3, 0.4) is 0 Å². The first kappa shape index (κ1) is 12.0. The van der Waals surface area contributed by atoms with Gasteiger partial charge in [0.1, 0.15) is 5.82 Å². The topological polar surface area (TPSA) is 12.0 Å². The summed E-state index contributed by atoms with van der Waals surface area (Å²) in [5.41, 5.74) is 2.27. The molecule has 0 aromatic heterocycles. The number of halogens is 1. The van der Waals surface area contributed by atoms with E-state index in [4.69, 9.17) is 0 Å². The van der Waals surface area contributed by atoms with Crippen LogP contribution in [0.2, 0.25) is 0 Å². The van der Waals surface area contributed by atoms with E-state index in [1.165, 1.54) is 51.0 Å². The van der Waals surface area contributed by atoms with Gasteiger partial charge in [-0.2, -0.15) is 0 Å². The molecule has 2 aliphatic carbocycles. The van der Waals surface area contributed by atoms with Crippen LogP contribution in [0.4, 0.5) is 10.1 Å². The molecule has 1 unspecified atom stereocenters. The Kier molecular flexibility index (Phi) is 3.04. The van der Waals surface area contributed by atoms with Crippen molar-refractivity contribution in [3.8, 4) is 0 Å². The molecule has 0 aliphatic heterocycles. The molecule has 2 saturated carbocycles. The van der Waals surface area contributed by atoms with Gasteiger partial charge in [-0.25, -0.2) is 4.39 Å². The number of rotatable bonds is 2. The summed E-state index contributed by atoms with van der Waals surface area (Å²) in [6.07, 6.45) is 9.47. The normalized spacial score (nSPS) is 25.8. The van der Waals surface area contributed by atoms with Crippen molar-refractivity contribution < 1.29 is 4.39 Å². The smallest absolute Gasteiger partial charge is 0.128 e. The Hall–Kier alpha value is -1.05. The first-order valence-corrected chi connectivity index (χ1v) is 7.23. The second-order valence-corrected chi connectivity index (χ2v) is 6.07. The van der Waals surface area contributed by atoms with E-state index in [2.05, 4.69) is 5.32 Å². The molecule has 1 N–H and O–H groups in total. The lowest BCUT2D eigenvalue weighted by atomic mass is 9.57. The van der Waals surface area contributed by atoms with Crippen LogP contribution < -0.4 is 5.32 Å². The average molecular weight is 247 g/mol. The molecule has 98 valence electrons. The Morgan fingerprint density at radius 2 is 1.94 bits per heavy atom. The van der Waals surface area contributed by atoms with E-state index >= 15 is 0 Å². The van der Waals surface area contributed by atoms with Gasteiger partial charge in [-0.05, 0) is 50.2 Å². The zero-order valence-electron chi connectivity index (χ0n) is 11.1. The number of hydrogen-bond acceptors (Lipinski definition) is 1. The second kappa shape index (κ2) is 4.56. The van der Waals surface area contributed by atoms with Crippen LogP contribution in [0.25, 0.3) is 0 Å². The third kappa shape index (κ3) is 1.92. The molecular weight excluding hydrogens is 225 g/mol. The van der Waals surface area contributed by atoms with E-state index in [-0.39, 0.29) is 5.82 Å². The number of anilines is 1. The lowest BCUT2D eigenvalue weighted by molar-refractivity contribution is 0.0571. The van der Waals surface area contributed by atoms with Gasteiger partial charge in [0, 0.05) is 17.3 Å². The first-order chi connectivity index (χ1) is 8.71. The van der Waals surface area contributed by atoms with Crippen molar-refractivity contribution in [3.63, 3.8) is 0 Å². The van der Waals surface area contributed by atoms with Crippen LogP contribution >= 0.6 is 0 Å². The minimum atomic E-state index is -0.1000. The van der Waals surface area contributed by atoms with Crippen LogP contribution in [0.15, 0.2) is 18.2 Å². The van der Waals surface area contributed by atoms with Crippen LogP contribution in [-0.4, -0.2) is 6.04 Å². The van der Waals surface area contributed by atoms with E-state index in [9.17, 15) is 4.39 Å². The third-order valence-electron chi connectivity index (χ3n) is 5.12. The largest absolute Gasteiger partial charge is 0.381 e. The molecule has 3 rings (SSSR count). The first-order valence-electron chi connectivity index (χ1n) is 7.23. The van der Waals surface area contributed by atoms with E-state index in [0.29, 0.717) is 11.5 Å². The zero-order valence-corrected chi connectivity index (χ0v) is 11.1. The van der Waals surface area contributed by atoms with E-state index < -0.39 is 0 Å². The monoisotopic (exact) mass is 247 g/mol. The molecule has 1 atom stereocenters. The van der Waals surface area contributed by atoms with Crippen molar-refractivity contribution in [1.29, 1.82) is 0 Å². The summed E-state index contributed by atoms with van der Waals surface area (Å²) in [4.78, 5) is 0. The Balaban J connectivity index is 1.75. The summed E-state index contributed by atoms with van der Waals surface area (Å²) < 4.78 is 13.5. The van der Waals surface area contributed by atoms with Gasteiger partial charge in [0.05, 0.1) is 0 Å². The van der Waals surface area contributed by atoms with Gasteiger partial charge in [-0.3, -0.25) is 0 Å². The fourth-order valence-corrected chi connectivity index (χ4v) is 3.73. The van der Waals surface area contributed by atoms with Gasteiger partial charge in [0.2, 0.25) is 0 Å². The minimum absolute atomic E-state index is 0.1000. The number of benzene rings is 1. The molecule has 1 spiro atoms. The molecule has 2 fully saturated rings. The van der Waals surface area contributed by atoms with Gasteiger partial charge in [-0.1, -0.05) is 25.3 Å². The van der Waals surface area contributed by atoms with Crippen LogP contribution in [-0.2, 0) is 0 Å². The van der Waals surface area contributed by atoms with Crippen LogP contribution in [0.5, 0.6) is 0 Å². The molecule has 2 aliphatic rings. The number of nitrogens with one attached hydrogen (secondary N) is 1. The van der Waals surface area contributed by atoms with Crippen molar-refractivity contribution in [1.82, 2.24) is 0 Å². The summed E-state index contributed by atoms with van der Waals surface area (Å²) in [6.45, 7) is 1.86.